The summed E-state index contributed by atoms with van der Waals surface area (Å²) < 4.78 is 4.92. The van der Waals surface area contributed by atoms with Crippen LogP contribution in [0.4, 0.5) is 0 Å². The third-order valence-corrected chi connectivity index (χ3v) is 9.32. The van der Waals surface area contributed by atoms with E-state index >= 15 is 0 Å². The van der Waals surface area contributed by atoms with Crippen molar-refractivity contribution in [1.82, 2.24) is 0 Å². The SMILES string of the molecule is CP(C)CCP(C)C.CP(C)CCP(C)C.[C-]#Cc1ccc(OC)cc1.[C-]#Cc1ccccc1.[Fe+2]. The van der Waals surface area contributed by atoms with Crippen LogP contribution in [-0.2, 0) is 17.1 Å². The van der Waals surface area contributed by atoms with Crippen molar-refractivity contribution < 1.29 is 21.8 Å². The molecule has 194 valence electrons. The van der Waals surface area contributed by atoms with Gasteiger partial charge in [-0.25, -0.2) is 0 Å². The van der Waals surface area contributed by atoms with Crippen LogP contribution in [0, 0.1) is 24.7 Å². The first-order chi connectivity index (χ1) is 16.0. The molecular formula is C29H44FeOP4. The molecule has 0 aliphatic rings. The van der Waals surface area contributed by atoms with Crippen molar-refractivity contribution in [2.75, 3.05) is 85.1 Å². The zero-order chi connectivity index (χ0) is 26.4. The molecule has 0 bridgehead atoms. The summed E-state index contributed by atoms with van der Waals surface area (Å²) in [4.78, 5) is 0. The van der Waals surface area contributed by atoms with E-state index in [1.165, 1.54) is 24.6 Å². The maximum absolute atomic E-state index is 6.78. The van der Waals surface area contributed by atoms with E-state index in [4.69, 9.17) is 17.6 Å². The summed E-state index contributed by atoms with van der Waals surface area (Å²) in [6, 6.07) is 16.5. The molecule has 0 aliphatic heterocycles. The first kappa shape index (κ1) is 39.1. The van der Waals surface area contributed by atoms with Crippen LogP contribution in [0.25, 0.3) is 0 Å². The van der Waals surface area contributed by atoms with Crippen LogP contribution in [0.3, 0.4) is 0 Å². The average Bonchev–Trinajstić information content (AvgIpc) is 2.83. The van der Waals surface area contributed by atoms with Crippen LogP contribution in [0.5, 0.6) is 5.75 Å². The molecule has 0 fully saturated rings. The van der Waals surface area contributed by atoms with Crippen molar-refractivity contribution in [1.29, 1.82) is 0 Å². The molecular weight excluding hydrogens is 544 g/mol. The van der Waals surface area contributed by atoms with Crippen molar-refractivity contribution >= 4 is 31.7 Å². The van der Waals surface area contributed by atoms with E-state index in [1.807, 2.05) is 30.3 Å². The van der Waals surface area contributed by atoms with Crippen LogP contribution in [0.2, 0.25) is 0 Å². The van der Waals surface area contributed by atoms with Crippen molar-refractivity contribution in [3.05, 3.63) is 78.6 Å². The Bertz CT molecular complexity index is 760. The summed E-state index contributed by atoms with van der Waals surface area (Å²) >= 11 is 0. The molecule has 0 spiro atoms. The summed E-state index contributed by atoms with van der Waals surface area (Å²) in [5, 5.41) is 0. The maximum atomic E-state index is 6.78. The predicted octanol–water partition coefficient (Wildman–Crippen LogP) is 8.19. The number of ether oxygens (including phenoxy) is 1. The minimum atomic E-state index is 0. The van der Waals surface area contributed by atoms with Gasteiger partial charge in [-0.3, -0.25) is 11.8 Å². The number of hydrogen-bond acceptors (Lipinski definition) is 1. The minimum absolute atomic E-state index is 0. The number of hydrogen-bond donors (Lipinski definition) is 0. The van der Waals surface area contributed by atoms with Crippen LogP contribution < -0.4 is 4.74 Å². The second kappa shape index (κ2) is 26.7. The molecule has 0 aliphatic carbocycles. The Hall–Kier alpha value is -0.401. The Morgan fingerprint density at radius 1 is 0.571 bits per heavy atom. The molecule has 35 heavy (non-hydrogen) atoms. The van der Waals surface area contributed by atoms with Gasteiger partial charge < -0.3 is 17.6 Å². The van der Waals surface area contributed by atoms with Crippen molar-refractivity contribution in [2.24, 2.45) is 0 Å². The van der Waals surface area contributed by atoms with Crippen molar-refractivity contribution in [3.8, 4) is 17.6 Å². The molecule has 0 N–H and O–H groups in total. The second-order valence-corrected chi connectivity index (χ2v) is 19.0. The minimum Gasteiger partial charge on any atom is -0.497 e. The smallest absolute Gasteiger partial charge is 0.497 e. The predicted molar refractivity (Wildman–Crippen MR) is 166 cm³/mol. The van der Waals surface area contributed by atoms with Gasteiger partial charge in [0.25, 0.3) is 0 Å². The normalized spacial score (nSPS) is 9.34. The first-order valence-electron chi connectivity index (χ1n) is 11.2. The number of benzene rings is 2. The Balaban J connectivity index is -0.000000389. The van der Waals surface area contributed by atoms with Crippen LogP contribution in [-0.4, -0.2) is 85.1 Å². The molecule has 0 saturated carbocycles. The van der Waals surface area contributed by atoms with E-state index in [0.717, 1.165) is 16.9 Å². The Kier molecular flexibility index (Phi) is 29.8. The molecule has 0 saturated heterocycles. The average molecular weight is 588 g/mol. The van der Waals surface area contributed by atoms with Crippen molar-refractivity contribution in [2.45, 2.75) is 0 Å². The molecule has 0 radical (unpaired) electrons. The fourth-order valence-corrected chi connectivity index (χ4v) is 8.40. The Morgan fingerprint density at radius 2 is 0.886 bits per heavy atom. The molecule has 0 heterocycles. The topological polar surface area (TPSA) is 9.23 Å². The summed E-state index contributed by atoms with van der Waals surface area (Å²) in [5.41, 5.74) is 1.59. The summed E-state index contributed by atoms with van der Waals surface area (Å²) in [5.74, 6) is 5.35. The van der Waals surface area contributed by atoms with E-state index in [-0.39, 0.29) is 17.1 Å². The first-order valence-corrected chi connectivity index (χ1v) is 20.9. The largest absolute Gasteiger partial charge is 2.00 e. The van der Waals surface area contributed by atoms with Gasteiger partial charge in [-0.15, -0.1) is 67.1 Å². The Morgan fingerprint density at radius 3 is 1.11 bits per heavy atom. The van der Waals surface area contributed by atoms with Gasteiger partial charge in [-0.2, -0.15) is 0 Å². The third kappa shape index (κ3) is 29.7. The second-order valence-electron chi connectivity index (χ2n) is 8.56. The van der Waals surface area contributed by atoms with Gasteiger partial charge in [0.15, 0.2) is 0 Å². The Labute approximate surface area is 233 Å². The summed E-state index contributed by atoms with van der Waals surface area (Å²) in [7, 11) is 3.15. The van der Waals surface area contributed by atoms with E-state index in [1.54, 1.807) is 31.4 Å². The zero-order valence-corrected chi connectivity index (χ0v) is 27.8. The van der Waals surface area contributed by atoms with E-state index in [2.05, 4.69) is 65.2 Å². The van der Waals surface area contributed by atoms with E-state index < -0.39 is 0 Å². The quantitative estimate of drug-likeness (QED) is 0.137. The van der Waals surface area contributed by atoms with Gasteiger partial charge in [0.1, 0.15) is 5.75 Å². The maximum Gasteiger partial charge on any atom is 2.00 e. The van der Waals surface area contributed by atoms with Gasteiger partial charge in [-0.1, -0.05) is 18.2 Å². The molecule has 1 nitrogen and oxygen atoms in total. The van der Waals surface area contributed by atoms with Gasteiger partial charge in [0.2, 0.25) is 0 Å². The molecule has 0 atom stereocenters. The molecule has 6 heteroatoms. The number of methoxy groups -OCH3 is 1. The standard InChI is InChI=1S/C9H7O.C8H5.2C6H16P2.Fe/c1-3-8-4-6-9(10-2)7-5-8;1-2-8-6-4-3-5-7-8;2*1-7(2)5-6-8(3)4;/h4-7H,2H3;3-7H;2*5-6H2,1-4H3;/q2*-1;;;+2. The van der Waals surface area contributed by atoms with E-state index in [9.17, 15) is 0 Å². The van der Waals surface area contributed by atoms with Gasteiger partial charge in [0.05, 0.1) is 7.11 Å². The summed E-state index contributed by atoms with van der Waals surface area (Å²) in [6.07, 6.45) is 19.4. The fraction of sp³-hybridized carbons (Fsp3) is 0.448. The van der Waals surface area contributed by atoms with Gasteiger partial charge >= 0.3 is 17.1 Å². The molecule has 2 rings (SSSR count). The fourth-order valence-electron chi connectivity index (χ4n) is 2.00. The van der Waals surface area contributed by atoms with Gasteiger partial charge in [0, 0.05) is 0 Å². The number of rotatable bonds is 7. The van der Waals surface area contributed by atoms with Gasteiger partial charge in [-0.05, 0) is 90.1 Å². The van der Waals surface area contributed by atoms with Crippen LogP contribution in [0.1, 0.15) is 11.1 Å². The molecule has 0 aromatic heterocycles. The third-order valence-electron chi connectivity index (χ3n) is 4.14. The molecule has 0 unspecified atom stereocenters. The van der Waals surface area contributed by atoms with E-state index in [0.29, 0.717) is 31.7 Å². The monoisotopic (exact) mass is 588 g/mol. The van der Waals surface area contributed by atoms with Crippen molar-refractivity contribution in [3.63, 3.8) is 0 Å². The zero-order valence-electron chi connectivity index (χ0n) is 23.1. The molecule has 2 aromatic rings. The van der Waals surface area contributed by atoms with Crippen LogP contribution in [0.15, 0.2) is 54.6 Å². The summed E-state index contributed by atoms with van der Waals surface area (Å²) in [6.45, 7) is 18.8. The van der Waals surface area contributed by atoms with Crippen LogP contribution >= 0.6 is 31.7 Å². The molecule has 0 amide bonds. The molecule has 2 aromatic carbocycles.